The number of carbonyl (C=O) groups is 1. The summed E-state index contributed by atoms with van der Waals surface area (Å²) in [7, 11) is 0. The number of benzene rings is 1. The lowest BCUT2D eigenvalue weighted by Gasteiger charge is -2.05. The molecule has 1 aromatic heterocycles. The number of hydrogen-bond donors (Lipinski definition) is 0. The second kappa shape index (κ2) is 7.27. The standard InChI is InChI=1S/C14H12ClF3N2O2S/c1-2-22-13(21)11-7-20(19-12(11)14(16,17)18)8-23-10-5-3-9(15)4-6-10/h3-7H,2,8H2,1H3. The summed E-state index contributed by atoms with van der Waals surface area (Å²) in [5.74, 6) is -0.924. The number of rotatable bonds is 5. The molecule has 0 N–H and O–H groups in total. The van der Waals surface area contributed by atoms with Gasteiger partial charge in [0, 0.05) is 16.1 Å². The molecule has 0 radical (unpaired) electrons. The predicted octanol–water partition coefficient (Wildman–Crippen LogP) is 4.48. The van der Waals surface area contributed by atoms with Crippen molar-refractivity contribution in [3.8, 4) is 0 Å². The van der Waals surface area contributed by atoms with Gasteiger partial charge in [-0.1, -0.05) is 11.6 Å². The average molecular weight is 365 g/mol. The highest BCUT2D eigenvalue weighted by Crippen LogP contribution is 2.32. The Morgan fingerprint density at radius 1 is 1.35 bits per heavy atom. The minimum Gasteiger partial charge on any atom is -0.462 e. The van der Waals surface area contributed by atoms with E-state index in [4.69, 9.17) is 11.6 Å². The summed E-state index contributed by atoms with van der Waals surface area (Å²) in [6.45, 7) is 1.51. The van der Waals surface area contributed by atoms with E-state index in [0.717, 1.165) is 15.8 Å². The Morgan fingerprint density at radius 2 is 2.00 bits per heavy atom. The highest BCUT2D eigenvalue weighted by molar-refractivity contribution is 7.98. The van der Waals surface area contributed by atoms with E-state index in [-0.39, 0.29) is 12.5 Å². The van der Waals surface area contributed by atoms with Crippen molar-refractivity contribution >= 4 is 29.3 Å². The fraction of sp³-hybridized carbons (Fsp3) is 0.286. The highest BCUT2D eigenvalue weighted by Gasteiger charge is 2.39. The highest BCUT2D eigenvalue weighted by atomic mass is 35.5. The van der Waals surface area contributed by atoms with Gasteiger partial charge >= 0.3 is 12.1 Å². The van der Waals surface area contributed by atoms with Crippen LogP contribution in [0.5, 0.6) is 0 Å². The molecule has 0 saturated heterocycles. The Morgan fingerprint density at radius 3 is 2.57 bits per heavy atom. The van der Waals surface area contributed by atoms with E-state index in [1.54, 1.807) is 24.3 Å². The van der Waals surface area contributed by atoms with Crippen LogP contribution in [-0.2, 0) is 16.8 Å². The van der Waals surface area contributed by atoms with Gasteiger partial charge in [0.25, 0.3) is 0 Å². The lowest BCUT2D eigenvalue weighted by Crippen LogP contribution is -2.14. The Labute approximate surface area is 139 Å². The zero-order valence-electron chi connectivity index (χ0n) is 11.9. The molecule has 0 fully saturated rings. The molecule has 0 saturated carbocycles. The van der Waals surface area contributed by atoms with Gasteiger partial charge in [0.15, 0.2) is 5.69 Å². The average Bonchev–Trinajstić information content (AvgIpc) is 2.91. The summed E-state index contributed by atoms with van der Waals surface area (Å²) in [6, 6.07) is 6.84. The molecule has 0 aliphatic rings. The fourth-order valence-electron chi connectivity index (χ4n) is 1.73. The number of hydrogen-bond acceptors (Lipinski definition) is 4. The number of aromatic nitrogens is 2. The lowest BCUT2D eigenvalue weighted by atomic mass is 10.2. The number of ether oxygens (including phenoxy) is 1. The summed E-state index contributed by atoms with van der Waals surface area (Å²) in [5.41, 5.74) is -1.83. The maximum atomic E-state index is 13.0. The topological polar surface area (TPSA) is 44.1 Å². The van der Waals surface area contributed by atoms with Crippen molar-refractivity contribution in [3.63, 3.8) is 0 Å². The van der Waals surface area contributed by atoms with Crippen molar-refractivity contribution in [2.45, 2.75) is 23.9 Å². The van der Waals surface area contributed by atoms with E-state index in [1.807, 2.05) is 0 Å². The predicted molar refractivity (Wildman–Crippen MR) is 80.5 cm³/mol. The van der Waals surface area contributed by atoms with Crippen LogP contribution >= 0.6 is 23.4 Å². The number of halogens is 4. The van der Waals surface area contributed by atoms with Gasteiger partial charge in [-0.15, -0.1) is 11.8 Å². The van der Waals surface area contributed by atoms with Crippen LogP contribution in [0.4, 0.5) is 13.2 Å². The Bertz CT molecular complexity index is 686. The zero-order valence-corrected chi connectivity index (χ0v) is 13.5. The Hall–Kier alpha value is -1.67. The molecule has 0 aliphatic carbocycles. The van der Waals surface area contributed by atoms with E-state index >= 15 is 0 Å². The normalized spacial score (nSPS) is 11.5. The maximum Gasteiger partial charge on any atom is 0.436 e. The van der Waals surface area contributed by atoms with Gasteiger partial charge in [0.1, 0.15) is 5.56 Å². The summed E-state index contributed by atoms with van der Waals surface area (Å²) < 4.78 is 44.6. The van der Waals surface area contributed by atoms with Gasteiger partial charge in [-0.25, -0.2) is 4.79 Å². The lowest BCUT2D eigenvalue weighted by molar-refractivity contribution is -0.142. The zero-order chi connectivity index (χ0) is 17.0. The third-order valence-electron chi connectivity index (χ3n) is 2.70. The monoisotopic (exact) mass is 364 g/mol. The number of nitrogens with zero attached hydrogens (tertiary/aromatic N) is 2. The van der Waals surface area contributed by atoms with Crippen molar-refractivity contribution < 1.29 is 22.7 Å². The van der Waals surface area contributed by atoms with Gasteiger partial charge in [0.05, 0.1) is 12.5 Å². The molecule has 2 aromatic rings. The van der Waals surface area contributed by atoms with E-state index in [2.05, 4.69) is 9.84 Å². The third kappa shape index (κ3) is 4.65. The van der Waals surface area contributed by atoms with Crippen LogP contribution in [0.2, 0.25) is 5.02 Å². The van der Waals surface area contributed by atoms with Crippen molar-refractivity contribution in [2.24, 2.45) is 0 Å². The number of esters is 1. The number of alkyl halides is 3. The maximum absolute atomic E-state index is 13.0. The summed E-state index contributed by atoms with van der Waals surface area (Å²) in [6.07, 6.45) is -3.68. The molecular weight excluding hydrogens is 353 g/mol. The summed E-state index contributed by atoms with van der Waals surface area (Å²) in [5, 5.41) is 4.03. The SMILES string of the molecule is CCOC(=O)c1cn(CSc2ccc(Cl)cc2)nc1C(F)(F)F. The molecular formula is C14H12ClF3N2O2S. The molecule has 0 spiro atoms. The van der Waals surface area contributed by atoms with Gasteiger partial charge in [-0.3, -0.25) is 4.68 Å². The molecule has 0 unspecified atom stereocenters. The molecule has 124 valence electrons. The van der Waals surface area contributed by atoms with E-state index in [1.165, 1.54) is 18.7 Å². The van der Waals surface area contributed by atoms with Crippen LogP contribution in [0.25, 0.3) is 0 Å². The largest absolute Gasteiger partial charge is 0.462 e. The summed E-state index contributed by atoms with van der Waals surface area (Å²) in [4.78, 5) is 12.5. The second-order valence-electron chi connectivity index (χ2n) is 4.38. The van der Waals surface area contributed by atoms with E-state index in [9.17, 15) is 18.0 Å². The first-order valence-corrected chi connectivity index (χ1v) is 7.87. The van der Waals surface area contributed by atoms with Gasteiger partial charge in [-0.05, 0) is 31.2 Å². The second-order valence-corrected chi connectivity index (χ2v) is 5.83. The summed E-state index contributed by atoms with van der Waals surface area (Å²) >= 11 is 7.03. The van der Waals surface area contributed by atoms with Crippen LogP contribution in [0.1, 0.15) is 23.0 Å². The molecule has 0 atom stereocenters. The number of carbonyl (C=O) groups excluding carboxylic acids is 1. The minimum absolute atomic E-state index is 0.0131. The van der Waals surface area contributed by atoms with Crippen molar-refractivity contribution in [2.75, 3.05) is 6.61 Å². The first-order valence-electron chi connectivity index (χ1n) is 6.51. The van der Waals surface area contributed by atoms with Crippen LogP contribution in [0.15, 0.2) is 35.4 Å². The molecule has 1 heterocycles. The van der Waals surface area contributed by atoms with Crippen molar-refractivity contribution in [1.29, 1.82) is 0 Å². The quantitative estimate of drug-likeness (QED) is 0.579. The van der Waals surface area contributed by atoms with Crippen LogP contribution in [-0.4, -0.2) is 22.4 Å². The minimum atomic E-state index is -4.72. The first-order chi connectivity index (χ1) is 10.8. The van der Waals surface area contributed by atoms with Crippen LogP contribution in [0.3, 0.4) is 0 Å². The van der Waals surface area contributed by atoms with Crippen LogP contribution in [0, 0.1) is 0 Å². The first kappa shape index (κ1) is 17.7. The number of thioether (sulfide) groups is 1. The fourth-order valence-corrected chi connectivity index (χ4v) is 2.59. The van der Waals surface area contributed by atoms with E-state index in [0.29, 0.717) is 5.02 Å². The molecule has 2 rings (SSSR count). The molecule has 0 amide bonds. The smallest absolute Gasteiger partial charge is 0.436 e. The molecule has 1 aromatic carbocycles. The van der Waals surface area contributed by atoms with E-state index < -0.39 is 23.4 Å². The third-order valence-corrected chi connectivity index (χ3v) is 3.95. The molecule has 0 aliphatic heterocycles. The Balaban J connectivity index is 2.19. The van der Waals surface area contributed by atoms with Gasteiger partial charge < -0.3 is 4.74 Å². The molecule has 4 nitrogen and oxygen atoms in total. The van der Waals surface area contributed by atoms with Crippen LogP contribution < -0.4 is 0 Å². The van der Waals surface area contributed by atoms with Crippen molar-refractivity contribution in [1.82, 2.24) is 9.78 Å². The van der Waals surface area contributed by atoms with Gasteiger partial charge in [-0.2, -0.15) is 18.3 Å². The molecule has 9 heteroatoms. The molecule has 0 bridgehead atoms. The van der Waals surface area contributed by atoms with Gasteiger partial charge in [0.2, 0.25) is 0 Å². The molecule has 23 heavy (non-hydrogen) atoms. The Kier molecular flexibility index (Phi) is 5.59. The van der Waals surface area contributed by atoms with Crippen molar-refractivity contribution in [3.05, 3.63) is 46.7 Å².